The lowest BCUT2D eigenvalue weighted by atomic mass is 10.2. The van der Waals surface area contributed by atoms with Crippen LogP contribution in [-0.4, -0.2) is 17.1 Å². The Morgan fingerprint density at radius 3 is 2.94 bits per heavy atom. The molecule has 86 valence electrons. The number of hydrogen-bond acceptors (Lipinski definition) is 3. The average molecular weight is 221 g/mol. The Hall–Kier alpha value is -1.73. The number of carboxylic acid groups (broad SMARTS) is 1. The highest BCUT2D eigenvalue weighted by Gasteiger charge is 2.13. The fourth-order valence-corrected chi connectivity index (χ4v) is 1.33. The molecule has 1 aromatic heterocycles. The van der Waals surface area contributed by atoms with Crippen molar-refractivity contribution in [3.05, 3.63) is 23.2 Å². The van der Waals surface area contributed by atoms with Crippen LogP contribution in [0.25, 0.3) is 0 Å². The van der Waals surface area contributed by atoms with Gasteiger partial charge in [0.2, 0.25) is 5.76 Å². The summed E-state index contributed by atoms with van der Waals surface area (Å²) in [7, 11) is 0. The number of furan rings is 1. The largest absolute Gasteiger partial charge is 0.475 e. The van der Waals surface area contributed by atoms with Gasteiger partial charge in [0.15, 0.2) is 0 Å². The summed E-state index contributed by atoms with van der Waals surface area (Å²) >= 11 is 0. The van der Waals surface area contributed by atoms with Crippen molar-refractivity contribution in [1.82, 2.24) is 5.32 Å². The molecule has 0 aliphatic carbocycles. The molecule has 1 aromatic rings. The molecule has 2 N–H and O–H groups in total. The summed E-state index contributed by atoms with van der Waals surface area (Å²) in [5, 5.41) is 11.9. The molecule has 0 saturated carbocycles. The lowest BCUT2D eigenvalue weighted by Gasteiger charge is -2.09. The predicted octanol–water partition coefficient (Wildman–Crippen LogP) is 1.79. The first kappa shape index (κ1) is 12.3. The third-order valence-electron chi connectivity index (χ3n) is 2.30. The van der Waals surface area contributed by atoms with Crippen LogP contribution in [0.5, 0.6) is 0 Å². The van der Waals surface area contributed by atoms with E-state index in [0.717, 1.165) is 5.56 Å². The van der Waals surface area contributed by atoms with Crippen molar-refractivity contribution >= 4 is 5.97 Å². The third kappa shape index (κ3) is 3.14. The third-order valence-corrected chi connectivity index (χ3v) is 2.30. The van der Waals surface area contributed by atoms with Crippen molar-refractivity contribution in [2.45, 2.75) is 32.9 Å². The van der Waals surface area contributed by atoms with E-state index in [1.54, 1.807) is 6.92 Å². The van der Waals surface area contributed by atoms with Crippen LogP contribution >= 0.6 is 0 Å². The van der Waals surface area contributed by atoms with Gasteiger partial charge < -0.3 is 14.8 Å². The monoisotopic (exact) mass is 221 g/mol. The molecular formula is C12H15NO3. The number of aromatic carboxylic acids is 1. The number of terminal acetylenes is 1. The molecule has 0 aliphatic rings. The summed E-state index contributed by atoms with van der Waals surface area (Å²) in [4.78, 5) is 10.7. The summed E-state index contributed by atoms with van der Waals surface area (Å²) < 4.78 is 5.09. The van der Waals surface area contributed by atoms with Gasteiger partial charge in [0.1, 0.15) is 5.76 Å². The van der Waals surface area contributed by atoms with E-state index in [-0.39, 0.29) is 11.8 Å². The summed E-state index contributed by atoms with van der Waals surface area (Å²) in [5.41, 5.74) is 0.848. The first-order valence-electron chi connectivity index (χ1n) is 5.04. The highest BCUT2D eigenvalue weighted by Crippen LogP contribution is 2.14. The van der Waals surface area contributed by atoms with Gasteiger partial charge in [-0.25, -0.2) is 4.79 Å². The summed E-state index contributed by atoms with van der Waals surface area (Å²) in [6.07, 6.45) is 5.83. The SMILES string of the molecule is C#CCC(C)NCc1cc(C(=O)O)oc1C. The number of aryl methyl sites for hydroxylation is 1. The van der Waals surface area contributed by atoms with Gasteiger partial charge in [-0.05, 0) is 19.9 Å². The molecule has 0 spiro atoms. The molecule has 0 aromatic carbocycles. The fraction of sp³-hybridized carbons (Fsp3) is 0.417. The smallest absolute Gasteiger partial charge is 0.371 e. The molecule has 1 unspecified atom stereocenters. The van der Waals surface area contributed by atoms with Crippen LogP contribution in [0, 0.1) is 19.3 Å². The van der Waals surface area contributed by atoms with Crippen molar-refractivity contribution in [3.63, 3.8) is 0 Å². The van der Waals surface area contributed by atoms with Crippen molar-refractivity contribution < 1.29 is 14.3 Å². The number of carbonyl (C=O) groups is 1. The van der Waals surface area contributed by atoms with Crippen LogP contribution in [0.2, 0.25) is 0 Å². The van der Waals surface area contributed by atoms with Crippen LogP contribution in [0.1, 0.15) is 35.2 Å². The maximum atomic E-state index is 10.7. The van der Waals surface area contributed by atoms with Crippen LogP contribution < -0.4 is 5.32 Å². The molecule has 1 heterocycles. The Balaban J connectivity index is 2.61. The number of hydrogen-bond donors (Lipinski definition) is 2. The van der Waals surface area contributed by atoms with Gasteiger partial charge in [-0.15, -0.1) is 12.3 Å². The van der Waals surface area contributed by atoms with E-state index in [9.17, 15) is 4.79 Å². The highest BCUT2D eigenvalue weighted by molar-refractivity contribution is 5.84. The normalized spacial score (nSPS) is 12.1. The molecule has 0 aliphatic heterocycles. The van der Waals surface area contributed by atoms with E-state index in [4.69, 9.17) is 15.9 Å². The quantitative estimate of drug-likeness (QED) is 0.744. The molecule has 0 amide bonds. The van der Waals surface area contributed by atoms with Gasteiger partial charge in [0.05, 0.1) is 0 Å². The molecule has 0 saturated heterocycles. The zero-order chi connectivity index (χ0) is 12.1. The molecule has 0 radical (unpaired) electrons. The van der Waals surface area contributed by atoms with E-state index in [1.807, 2.05) is 6.92 Å². The Labute approximate surface area is 94.7 Å². The van der Waals surface area contributed by atoms with Crippen LogP contribution in [0.4, 0.5) is 0 Å². The van der Waals surface area contributed by atoms with Crippen molar-refractivity contribution in [3.8, 4) is 12.3 Å². The van der Waals surface area contributed by atoms with Gasteiger partial charge in [-0.3, -0.25) is 0 Å². The second-order valence-electron chi connectivity index (χ2n) is 3.69. The first-order chi connectivity index (χ1) is 7.54. The first-order valence-corrected chi connectivity index (χ1v) is 5.04. The van der Waals surface area contributed by atoms with E-state index >= 15 is 0 Å². The number of carboxylic acids is 1. The maximum absolute atomic E-state index is 10.7. The standard InChI is InChI=1S/C12H15NO3/c1-4-5-8(2)13-7-10-6-11(12(14)15)16-9(10)3/h1,6,8,13H,5,7H2,2-3H3,(H,14,15). The molecular weight excluding hydrogens is 206 g/mol. The molecule has 1 atom stereocenters. The van der Waals surface area contributed by atoms with Crippen LogP contribution in [-0.2, 0) is 6.54 Å². The van der Waals surface area contributed by atoms with Gasteiger partial charge in [-0.2, -0.15) is 0 Å². The van der Waals surface area contributed by atoms with Crippen molar-refractivity contribution in [2.24, 2.45) is 0 Å². The number of nitrogens with one attached hydrogen (secondary N) is 1. The van der Waals surface area contributed by atoms with E-state index in [1.165, 1.54) is 6.07 Å². The van der Waals surface area contributed by atoms with Gasteiger partial charge in [-0.1, -0.05) is 0 Å². The van der Waals surface area contributed by atoms with Gasteiger partial charge in [0.25, 0.3) is 0 Å². The van der Waals surface area contributed by atoms with Crippen molar-refractivity contribution in [1.29, 1.82) is 0 Å². The van der Waals surface area contributed by atoms with Gasteiger partial charge in [0, 0.05) is 24.6 Å². The van der Waals surface area contributed by atoms with E-state index in [0.29, 0.717) is 18.7 Å². The Kier molecular flexibility index (Phi) is 4.15. The average Bonchev–Trinajstić information content (AvgIpc) is 2.58. The Morgan fingerprint density at radius 1 is 1.75 bits per heavy atom. The zero-order valence-corrected chi connectivity index (χ0v) is 9.41. The van der Waals surface area contributed by atoms with Crippen LogP contribution in [0.3, 0.4) is 0 Å². The minimum atomic E-state index is -1.05. The lowest BCUT2D eigenvalue weighted by molar-refractivity contribution is 0.0661. The summed E-state index contributed by atoms with van der Waals surface area (Å²) in [6.45, 7) is 4.29. The highest BCUT2D eigenvalue weighted by atomic mass is 16.4. The Morgan fingerprint density at radius 2 is 2.44 bits per heavy atom. The van der Waals surface area contributed by atoms with E-state index < -0.39 is 5.97 Å². The second-order valence-corrected chi connectivity index (χ2v) is 3.69. The lowest BCUT2D eigenvalue weighted by Crippen LogP contribution is -2.24. The molecule has 0 fully saturated rings. The minimum Gasteiger partial charge on any atom is -0.475 e. The zero-order valence-electron chi connectivity index (χ0n) is 9.41. The molecule has 4 nitrogen and oxygen atoms in total. The fourth-order valence-electron chi connectivity index (χ4n) is 1.33. The minimum absolute atomic E-state index is 0.0288. The predicted molar refractivity (Wildman–Crippen MR) is 60.2 cm³/mol. The molecule has 16 heavy (non-hydrogen) atoms. The summed E-state index contributed by atoms with van der Waals surface area (Å²) in [6, 6.07) is 1.74. The van der Waals surface area contributed by atoms with Crippen LogP contribution in [0.15, 0.2) is 10.5 Å². The topological polar surface area (TPSA) is 62.5 Å². The van der Waals surface area contributed by atoms with E-state index in [2.05, 4.69) is 11.2 Å². The number of rotatable bonds is 5. The van der Waals surface area contributed by atoms with Crippen molar-refractivity contribution in [2.75, 3.05) is 0 Å². The van der Waals surface area contributed by atoms with Gasteiger partial charge >= 0.3 is 5.97 Å². The molecule has 4 heteroatoms. The molecule has 0 bridgehead atoms. The molecule has 1 rings (SSSR count). The Bertz CT molecular complexity index is 414. The maximum Gasteiger partial charge on any atom is 0.371 e. The summed E-state index contributed by atoms with van der Waals surface area (Å²) in [5.74, 6) is 2.11. The second kappa shape index (κ2) is 5.38.